The summed E-state index contributed by atoms with van der Waals surface area (Å²) in [6, 6.07) is 14.7. The summed E-state index contributed by atoms with van der Waals surface area (Å²) in [5, 5.41) is 5.59. The van der Waals surface area contributed by atoms with Crippen molar-refractivity contribution in [1.82, 2.24) is 14.7 Å². The van der Waals surface area contributed by atoms with Gasteiger partial charge in [-0.2, -0.15) is 5.10 Å². The summed E-state index contributed by atoms with van der Waals surface area (Å²) in [5.41, 5.74) is 2.68. The van der Waals surface area contributed by atoms with Crippen LogP contribution in [-0.2, 0) is 7.05 Å². The van der Waals surface area contributed by atoms with Gasteiger partial charge in [-0.15, -0.1) is 0 Å². The number of piperazine rings is 1. The summed E-state index contributed by atoms with van der Waals surface area (Å²) in [6.45, 7) is 2.76. The molecule has 178 valence electrons. The monoisotopic (exact) mass is 479 g/mol. The molecule has 1 saturated carbocycles. The van der Waals surface area contributed by atoms with Gasteiger partial charge in [-0.25, -0.2) is 9.07 Å². The fourth-order valence-corrected chi connectivity index (χ4v) is 5.67. The first-order valence-corrected chi connectivity index (χ1v) is 12.9. The molecule has 1 aromatic heterocycles. The summed E-state index contributed by atoms with van der Waals surface area (Å²) in [7, 11) is 1.95. The van der Waals surface area contributed by atoms with E-state index in [0.717, 1.165) is 34.1 Å². The zero-order valence-corrected chi connectivity index (χ0v) is 20.3. The lowest BCUT2D eigenvalue weighted by Crippen LogP contribution is -2.48. The van der Waals surface area contributed by atoms with Gasteiger partial charge in [-0.3, -0.25) is 9.79 Å². The fraction of sp³-hybridized carbons (Fsp3) is 0.423. The van der Waals surface area contributed by atoms with Crippen LogP contribution in [0.3, 0.4) is 0 Å². The molecule has 6 nitrogen and oxygen atoms in total. The minimum atomic E-state index is -0.234. The van der Waals surface area contributed by atoms with Crippen molar-refractivity contribution in [2.24, 2.45) is 12.0 Å². The van der Waals surface area contributed by atoms with Gasteiger partial charge >= 0.3 is 0 Å². The number of carbonyl (C=O) groups is 1. The number of carbonyl (C=O) groups excluding carboxylic acids is 1. The maximum absolute atomic E-state index is 13.2. The van der Waals surface area contributed by atoms with E-state index in [-0.39, 0.29) is 11.7 Å². The van der Waals surface area contributed by atoms with Crippen LogP contribution in [-0.4, -0.2) is 52.8 Å². The van der Waals surface area contributed by atoms with Crippen LogP contribution in [0.2, 0.25) is 0 Å². The number of hydrogen-bond acceptors (Lipinski definition) is 5. The van der Waals surface area contributed by atoms with Gasteiger partial charge in [-0.1, -0.05) is 42.7 Å². The number of hydrogen-bond donors (Lipinski definition) is 0. The lowest BCUT2D eigenvalue weighted by molar-refractivity contribution is 0.0747. The number of halogens is 1. The molecule has 2 aromatic carbocycles. The van der Waals surface area contributed by atoms with Gasteiger partial charge in [0.25, 0.3) is 5.91 Å². The van der Waals surface area contributed by atoms with Gasteiger partial charge in [-0.05, 0) is 49.2 Å². The van der Waals surface area contributed by atoms with Crippen molar-refractivity contribution in [3.8, 4) is 10.6 Å². The molecular weight excluding hydrogens is 449 g/mol. The summed E-state index contributed by atoms with van der Waals surface area (Å²) in [6.07, 6.45) is 6.19. The molecule has 8 heteroatoms. The predicted molar refractivity (Wildman–Crippen MR) is 133 cm³/mol. The second-order valence-corrected chi connectivity index (χ2v) is 10.0. The second kappa shape index (κ2) is 10.1. The van der Waals surface area contributed by atoms with Crippen molar-refractivity contribution in [1.29, 1.82) is 0 Å². The van der Waals surface area contributed by atoms with E-state index in [4.69, 9.17) is 4.99 Å². The molecule has 0 spiro atoms. The van der Waals surface area contributed by atoms with Crippen LogP contribution in [0.1, 0.15) is 42.5 Å². The number of aryl methyl sites for hydroxylation is 1. The Balaban J connectivity index is 1.23. The molecule has 0 radical (unpaired) electrons. The maximum Gasteiger partial charge on any atom is 0.253 e. The van der Waals surface area contributed by atoms with E-state index < -0.39 is 0 Å². The number of benzene rings is 2. The molecule has 0 atom stereocenters. The molecule has 1 aliphatic heterocycles. The van der Waals surface area contributed by atoms with Gasteiger partial charge in [0.15, 0.2) is 0 Å². The van der Waals surface area contributed by atoms with E-state index in [1.54, 1.807) is 23.5 Å². The molecule has 2 fully saturated rings. The minimum Gasteiger partial charge on any atom is -0.368 e. The largest absolute Gasteiger partial charge is 0.368 e. The van der Waals surface area contributed by atoms with Crippen LogP contribution in [0.5, 0.6) is 0 Å². The Morgan fingerprint density at radius 1 is 0.971 bits per heavy atom. The Morgan fingerprint density at radius 3 is 2.32 bits per heavy atom. The van der Waals surface area contributed by atoms with Crippen LogP contribution in [0.4, 0.5) is 10.1 Å². The van der Waals surface area contributed by atoms with Gasteiger partial charge in [0, 0.05) is 50.0 Å². The van der Waals surface area contributed by atoms with E-state index in [1.807, 2.05) is 40.9 Å². The van der Waals surface area contributed by atoms with Crippen molar-refractivity contribution in [3.05, 3.63) is 64.7 Å². The van der Waals surface area contributed by atoms with Crippen LogP contribution >= 0.6 is 11.3 Å². The van der Waals surface area contributed by atoms with Crippen molar-refractivity contribution >= 4 is 22.9 Å². The fourth-order valence-electron chi connectivity index (χ4n) is 4.70. The second-order valence-electron chi connectivity index (χ2n) is 9.07. The van der Waals surface area contributed by atoms with Crippen LogP contribution in [0, 0.1) is 5.82 Å². The SMILES string of the molecule is Cn1nc(-c2ccc(C(=O)N3CCN(c4ccc(F)cc4)CC3)cc2)sc1=NC1CCCCC1. The highest BCUT2D eigenvalue weighted by Gasteiger charge is 2.22. The highest BCUT2D eigenvalue weighted by molar-refractivity contribution is 7.12. The zero-order valence-electron chi connectivity index (χ0n) is 19.5. The van der Waals surface area contributed by atoms with Crippen molar-refractivity contribution < 1.29 is 9.18 Å². The Bertz CT molecular complexity index is 1190. The number of amides is 1. The van der Waals surface area contributed by atoms with Gasteiger partial charge in [0.2, 0.25) is 4.80 Å². The van der Waals surface area contributed by atoms with E-state index in [9.17, 15) is 9.18 Å². The lowest BCUT2D eigenvalue weighted by atomic mass is 9.96. The first-order chi connectivity index (χ1) is 16.6. The lowest BCUT2D eigenvalue weighted by Gasteiger charge is -2.36. The van der Waals surface area contributed by atoms with Crippen LogP contribution < -0.4 is 9.70 Å². The summed E-state index contributed by atoms with van der Waals surface area (Å²) < 4.78 is 15.1. The number of rotatable bonds is 4. The molecule has 1 aliphatic carbocycles. The Labute approximate surface area is 203 Å². The Morgan fingerprint density at radius 2 is 1.65 bits per heavy atom. The molecule has 1 amide bonds. The van der Waals surface area contributed by atoms with Crippen molar-refractivity contribution in [2.45, 2.75) is 38.1 Å². The normalized spacial score (nSPS) is 17.9. The summed E-state index contributed by atoms with van der Waals surface area (Å²) in [5.74, 6) is -0.189. The van der Waals surface area contributed by atoms with Gasteiger partial charge in [0.05, 0.1) is 6.04 Å². The van der Waals surface area contributed by atoms with Crippen molar-refractivity contribution in [2.75, 3.05) is 31.1 Å². The number of nitrogens with zero attached hydrogens (tertiary/aromatic N) is 5. The zero-order chi connectivity index (χ0) is 23.5. The third kappa shape index (κ3) is 5.06. The smallest absolute Gasteiger partial charge is 0.253 e. The Hall–Kier alpha value is -3.00. The van der Waals surface area contributed by atoms with Gasteiger partial charge in [0.1, 0.15) is 10.8 Å². The third-order valence-electron chi connectivity index (χ3n) is 6.71. The molecule has 0 bridgehead atoms. The molecule has 3 aromatic rings. The molecule has 0 unspecified atom stereocenters. The van der Waals surface area contributed by atoms with E-state index in [1.165, 1.54) is 44.2 Å². The number of anilines is 1. The quantitative estimate of drug-likeness (QED) is 0.554. The van der Waals surface area contributed by atoms with Crippen LogP contribution in [0.25, 0.3) is 10.6 Å². The molecule has 5 rings (SSSR count). The molecule has 1 saturated heterocycles. The van der Waals surface area contributed by atoms with Crippen molar-refractivity contribution in [3.63, 3.8) is 0 Å². The molecule has 0 N–H and O–H groups in total. The topological polar surface area (TPSA) is 53.7 Å². The first-order valence-electron chi connectivity index (χ1n) is 12.0. The molecule has 34 heavy (non-hydrogen) atoms. The average molecular weight is 480 g/mol. The standard InChI is InChI=1S/C26H30FN5OS/c1-30-26(28-22-5-3-2-4-6-22)34-24(29-30)19-7-9-20(10-8-19)25(33)32-17-15-31(16-18-32)23-13-11-21(27)12-14-23/h7-14,22H,2-6,15-18H2,1H3. The third-order valence-corrected chi connectivity index (χ3v) is 7.77. The predicted octanol–water partition coefficient (Wildman–Crippen LogP) is 4.48. The molecule has 2 aliphatic rings. The summed E-state index contributed by atoms with van der Waals surface area (Å²) in [4.78, 5) is 23.0. The van der Waals surface area contributed by atoms with E-state index >= 15 is 0 Å². The van der Waals surface area contributed by atoms with Crippen LogP contribution in [0.15, 0.2) is 53.5 Å². The number of aromatic nitrogens is 2. The summed E-state index contributed by atoms with van der Waals surface area (Å²) >= 11 is 1.61. The van der Waals surface area contributed by atoms with E-state index in [2.05, 4.69) is 10.00 Å². The first kappa shape index (κ1) is 22.8. The Kier molecular flexibility index (Phi) is 6.76. The minimum absolute atomic E-state index is 0.0444. The maximum atomic E-state index is 13.2. The average Bonchev–Trinajstić information content (AvgIpc) is 3.25. The molecular formula is C26H30FN5OS. The van der Waals surface area contributed by atoms with Gasteiger partial charge < -0.3 is 9.80 Å². The highest BCUT2D eigenvalue weighted by atomic mass is 32.1. The highest BCUT2D eigenvalue weighted by Crippen LogP contribution is 2.23. The van der Waals surface area contributed by atoms with E-state index in [0.29, 0.717) is 24.7 Å². The molecule has 2 heterocycles.